The molecule has 5 nitrogen and oxygen atoms in total. The second kappa shape index (κ2) is 6.39. The monoisotopic (exact) mass is 199 g/mol. The predicted octanol–water partition coefficient (Wildman–Crippen LogP) is 0.324. The van der Waals surface area contributed by atoms with E-state index in [1.54, 1.807) is 6.20 Å². The topological polar surface area (TPSA) is 59.3 Å². The summed E-state index contributed by atoms with van der Waals surface area (Å²) in [5, 5.41) is 15.8. The smallest absolute Gasteiger partial charge is 0.0726 e. The second-order valence-corrected chi connectivity index (χ2v) is 2.86. The highest BCUT2D eigenvalue weighted by Crippen LogP contribution is 2.03. The Morgan fingerprint density at radius 3 is 3.14 bits per heavy atom. The van der Waals surface area contributed by atoms with Gasteiger partial charge in [0.05, 0.1) is 38.2 Å². The number of rotatable bonds is 7. The van der Waals surface area contributed by atoms with Crippen molar-refractivity contribution < 1.29 is 9.84 Å². The first kappa shape index (κ1) is 11.0. The van der Waals surface area contributed by atoms with Gasteiger partial charge in [0.1, 0.15) is 0 Å². The maximum Gasteiger partial charge on any atom is 0.0726 e. The van der Waals surface area contributed by atoms with E-state index in [-0.39, 0.29) is 6.61 Å². The van der Waals surface area contributed by atoms with Gasteiger partial charge in [0.15, 0.2) is 0 Å². The van der Waals surface area contributed by atoms with Gasteiger partial charge < -0.3 is 15.2 Å². The molecule has 0 atom stereocenters. The van der Waals surface area contributed by atoms with E-state index in [2.05, 4.69) is 10.4 Å². The van der Waals surface area contributed by atoms with Gasteiger partial charge in [0.25, 0.3) is 0 Å². The number of hydrogen-bond acceptors (Lipinski definition) is 4. The number of aromatic nitrogens is 2. The molecule has 80 valence electrons. The van der Waals surface area contributed by atoms with E-state index < -0.39 is 0 Å². The van der Waals surface area contributed by atoms with Crippen LogP contribution in [0.1, 0.15) is 6.92 Å². The Morgan fingerprint density at radius 1 is 1.57 bits per heavy atom. The van der Waals surface area contributed by atoms with Gasteiger partial charge in [-0.05, 0) is 6.92 Å². The first-order valence-electron chi connectivity index (χ1n) is 4.81. The van der Waals surface area contributed by atoms with Crippen LogP contribution in [0, 0.1) is 0 Å². The second-order valence-electron chi connectivity index (χ2n) is 2.86. The Balaban J connectivity index is 2.22. The number of aliphatic hydroxyl groups is 1. The van der Waals surface area contributed by atoms with E-state index in [1.807, 2.05) is 17.8 Å². The molecule has 1 aromatic heterocycles. The van der Waals surface area contributed by atoms with Gasteiger partial charge in [-0.25, -0.2) is 0 Å². The number of aliphatic hydroxyl groups excluding tert-OH is 1. The minimum atomic E-state index is 0.0712. The third-order valence-corrected chi connectivity index (χ3v) is 1.71. The van der Waals surface area contributed by atoms with Crippen LogP contribution in [0.5, 0.6) is 0 Å². The Hall–Kier alpha value is -1.07. The fourth-order valence-corrected chi connectivity index (χ4v) is 1.11. The summed E-state index contributed by atoms with van der Waals surface area (Å²) in [6.07, 6.45) is 3.72. The van der Waals surface area contributed by atoms with Crippen LogP contribution in [0.15, 0.2) is 12.4 Å². The molecule has 0 radical (unpaired) electrons. The van der Waals surface area contributed by atoms with Gasteiger partial charge in [-0.15, -0.1) is 0 Å². The third kappa shape index (κ3) is 3.76. The standard InChI is InChI=1S/C9H17N3O2/c1-2-10-9-7-11-12(8-9)3-5-14-6-4-13/h7-8,10,13H,2-6H2,1H3. The van der Waals surface area contributed by atoms with Gasteiger partial charge >= 0.3 is 0 Å². The Kier molecular flexibility index (Phi) is 5.03. The van der Waals surface area contributed by atoms with E-state index >= 15 is 0 Å². The zero-order valence-electron chi connectivity index (χ0n) is 8.44. The van der Waals surface area contributed by atoms with Crippen molar-refractivity contribution >= 4 is 5.69 Å². The van der Waals surface area contributed by atoms with Crippen LogP contribution in [0.3, 0.4) is 0 Å². The summed E-state index contributed by atoms with van der Waals surface area (Å²) in [4.78, 5) is 0. The highest BCUT2D eigenvalue weighted by atomic mass is 16.5. The molecule has 1 heterocycles. The molecule has 14 heavy (non-hydrogen) atoms. The molecule has 0 unspecified atom stereocenters. The van der Waals surface area contributed by atoms with Crippen LogP contribution in [0.4, 0.5) is 5.69 Å². The molecular formula is C9H17N3O2. The number of ether oxygens (including phenoxy) is 1. The van der Waals surface area contributed by atoms with Crippen molar-refractivity contribution in [3.05, 3.63) is 12.4 Å². The molecule has 2 N–H and O–H groups in total. The lowest BCUT2D eigenvalue weighted by atomic mass is 10.5. The summed E-state index contributed by atoms with van der Waals surface area (Å²) in [6, 6.07) is 0. The normalized spacial score (nSPS) is 10.4. The fourth-order valence-electron chi connectivity index (χ4n) is 1.11. The molecule has 5 heteroatoms. The Morgan fingerprint density at radius 2 is 2.43 bits per heavy atom. The fraction of sp³-hybridized carbons (Fsp3) is 0.667. The number of hydrogen-bond donors (Lipinski definition) is 2. The molecule has 0 saturated carbocycles. The van der Waals surface area contributed by atoms with Crippen LogP contribution < -0.4 is 5.32 Å². The molecular weight excluding hydrogens is 182 g/mol. The van der Waals surface area contributed by atoms with Crippen LogP contribution in [0.25, 0.3) is 0 Å². The molecule has 0 fully saturated rings. The minimum Gasteiger partial charge on any atom is -0.394 e. The maximum atomic E-state index is 8.48. The lowest BCUT2D eigenvalue weighted by Gasteiger charge is -2.02. The van der Waals surface area contributed by atoms with Gasteiger partial charge in [0.2, 0.25) is 0 Å². The minimum absolute atomic E-state index is 0.0712. The lowest BCUT2D eigenvalue weighted by Crippen LogP contribution is -2.08. The Labute approximate surface area is 83.7 Å². The molecule has 0 aliphatic heterocycles. The number of nitrogens with one attached hydrogen (secondary N) is 1. The average molecular weight is 199 g/mol. The first-order chi connectivity index (χ1) is 6.86. The summed E-state index contributed by atoms with van der Waals surface area (Å²) < 4.78 is 6.94. The van der Waals surface area contributed by atoms with Crippen molar-refractivity contribution in [3.63, 3.8) is 0 Å². The molecule has 0 amide bonds. The third-order valence-electron chi connectivity index (χ3n) is 1.71. The Bertz CT molecular complexity index is 250. The SMILES string of the molecule is CCNc1cnn(CCOCCO)c1. The lowest BCUT2D eigenvalue weighted by molar-refractivity contribution is 0.0854. The van der Waals surface area contributed by atoms with Crippen molar-refractivity contribution in [1.82, 2.24) is 9.78 Å². The molecule has 0 aromatic carbocycles. The zero-order valence-corrected chi connectivity index (χ0v) is 8.44. The summed E-state index contributed by atoms with van der Waals surface area (Å²) in [5.74, 6) is 0. The van der Waals surface area contributed by atoms with Crippen LogP contribution in [-0.4, -0.2) is 41.3 Å². The van der Waals surface area contributed by atoms with E-state index in [4.69, 9.17) is 9.84 Å². The van der Waals surface area contributed by atoms with Gasteiger partial charge in [-0.1, -0.05) is 0 Å². The van der Waals surface area contributed by atoms with E-state index in [9.17, 15) is 0 Å². The van der Waals surface area contributed by atoms with Crippen molar-refractivity contribution in [2.75, 3.05) is 31.7 Å². The molecule has 0 aliphatic carbocycles. The van der Waals surface area contributed by atoms with Crippen molar-refractivity contribution in [3.8, 4) is 0 Å². The van der Waals surface area contributed by atoms with E-state index in [1.165, 1.54) is 0 Å². The van der Waals surface area contributed by atoms with Crippen molar-refractivity contribution in [1.29, 1.82) is 0 Å². The molecule has 0 spiro atoms. The van der Waals surface area contributed by atoms with Crippen molar-refractivity contribution in [2.45, 2.75) is 13.5 Å². The summed E-state index contributed by atoms with van der Waals surface area (Å²) in [6.45, 7) is 4.69. The highest BCUT2D eigenvalue weighted by Gasteiger charge is 1.96. The van der Waals surface area contributed by atoms with Crippen LogP contribution in [0.2, 0.25) is 0 Å². The molecule has 0 aliphatic rings. The van der Waals surface area contributed by atoms with Crippen molar-refractivity contribution in [2.24, 2.45) is 0 Å². The summed E-state index contributed by atoms with van der Waals surface area (Å²) in [5.41, 5.74) is 1.02. The zero-order chi connectivity index (χ0) is 10.2. The van der Waals surface area contributed by atoms with Crippen LogP contribution >= 0.6 is 0 Å². The highest BCUT2D eigenvalue weighted by molar-refractivity contribution is 5.37. The number of anilines is 1. The van der Waals surface area contributed by atoms with Crippen LogP contribution in [-0.2, 0) is 11.3 Å². The first-order valence-corrected chi connectivity index (χ1v) is 4.81. The molecule has 0 bridgehead atoms. The van der Waals surface area contributed by atoms with Gasteiger partial charge in [0, 0.05) is 12.7 Å². The number of nitrogens with zero attached hydrogens (tertiary/aromatic N) is 2. The largest absolute Gasteiger partial charge is 0.394 e. The molecule has 1 aromatic rings. The van der Waals surface area contributed by atoms with E-state index in [0.29, 0.717) is 19.8 Å². The quantitative estimate of drug-likeness (QED) is 0.621. The molecule has 0 saturated heterocycles. The van der Waals surface area contributed by atoms with E-state index in [0.717, 1.165) is 12.2 Å². The maximum absolute atomic E-state index is 8.48. The summed E-state index contributed by atoms with van der Waals surface area (Å²) >= 11 is 0. The van der Waals surface area contributed by atoms with Gasteiger partial charge in [-0.3, -0.25) is 4.68 Å². The van der Waals surface area contributed by atoms with Gasteiger partial charge in [-0.2, -0.15) is 5.10 Å². The predicted molar refractivity (Wildman–Crippen MR) is 54.3 cm³/mol. The summed E-state index contributed by atoms with van der Waals surface area (Å²) in [7, 11) is 0. The average Bonchev–Trinajstić information content (AvgIpc) is 2.61. The molecule has 1 rings (SSSR count).